The zero-order valence-corrected chi connectivity index (χ0v) is 19.3. The first-order valence-corrected chi connectivity index (χ1v) is 11.9. The molecule has 6 heteroatoms. The highest BCUT2D eigenvalue weighted by Gasteiger charge is 2.69. The Bertz CT molecular complexity index is 1160. The first-order valence-electron chi connectivity index (χ1n) is 11.9. The Labute approximate surface area is 194 Å². The average molecular weight is 447 g/mol. The van der Waals surface area contributed by atoms with Gasteiger partial charge in [-0.1, -0.05) is 69.7 Å². The summed E-state index contributed by atoms with van der Waals surface area (Å²) in [5.41, 5.74) is 4.22. The van der Waals surface area contributed by atoms with E-state index in [-0.39, 0.29) is 17.7 Å². The van der Waals surface area contributed by atoms with Gasteiger partial charge in [0.15, 0.2) is 0 Å². The highest BCUT2D eigenvalue weighted by Crippen LogP contribution is 2.52. The van der Waals surface area contributed by atoms with Crippen molar-refractivity contribution in [2.45, 2.75) is 51.6 Å². The number of hydrogen-bond donors (Lipinski definition) is 2. The molecule has 4 atom stereocenters. The van der Waals surface area contributed by atoms with Gasteiger partial charge in [0.1, 0.15) is 5.54 Å². The zero-order chi connectivity index (χ0) is 23.5. The molecule has 33 heavy (non-hydrogen) atoms. The van der Waals surface area contributed by atoms with E-state index in [2.05, 4.69) is 29.6 Å². The molecule has 0 bridgehead atoms. The lowest BCUT2D eigenvalue weighted by atomic mass is 9.73. The van der Waals surface area contributed by atoms with Crippen molar-refractivity contribution in [3.63, 3.8) is 0 Å². The summed E-state index contributed by atoms with van der Waals surface area (Å²) in [5, 5.41) is 13.6. The fourth-order valence-electron chi connectivity index (χ4n) is 6.16. The number of imide groups is 1. The van der Waals surface area contributed by atoms with Gasteiger partial charge < -0.3 is 5.11 Å². The number of benzene rings is 2. The number of fused-ring (bicyclic) bond motifs is 4. The molecular formula is C27H30N2O4. The minimum Gasteiger partial charge on any atom is -0.480 e. The van der Waals surface area contributed by atoms with Crippen LogP contribution in [0.1, 0.15) is 56.3 Å². The van der Waals surface area contributed by atoms with Gasteiger partial charge in [0, 0.05) is 12.6 Å². The Morgan fingerprint density at radius 1 is 1.12 bits per heavy atom. The average Bonchev–Trinajstić information content (AvgIpc) is 3.42. The molecule has 3 aliphatic rings. The Balaban J connectivity index is 1.58. The number of carboxylic acid groups (broad SMARTS) is 1. The number of carboxylic acids is 1. The van der Waals surface area contributed by atoms with Crippen molar-refractivity contribution in [3.8, 4) is 11.1 Å². The van der Waals surface area contributed by atoms with Crippen LogP contribution in [0.2, 0.25) is 0 Å². The predicted octanol–water partition coefficient (Wildman–Crippen LogP) is 3.78. The van der Waals surface area contributed by atoms with Crippen LogP contribution in [0.4, 0.5) is 0 Å². The molecule has 2 aliphatic heterocycles. The molecule has 172 valence electrons. The van der Waals surface area contributed by atoms with Crippen molar-refractivity contribution in [1.82, 2.24) is 10.2 Å². The maximum Gasteiger partial charge on any atom is 0.325 e. The number of nitrogens with one attached hydrogen (secondary N) is 1. The number of hydrogen-bond acceptors (Lipinski definition) is 4. The van der Waals surface area contributed by atoms with E-state index in [9.17, 15) is 19.5 Å². The first-order chi connectivity index (χ1) is 15.8. The normalized spacial score (nSPS) is 27.8. The molecule has 2 fully saturated rings. The molecule has 2 saturated heterocycles. The van der Waals surface area contributed by atoms with Crippen molar-refractivity contribution >= 4 is 17.8 Å². The van der Waals surface area contributed by atoms with Gasteiger partial charge in [-0.3, -0.25) is 24.6 Å². The third kappa shape index (κ3) is 3.00. The number of rotatable bonds is 6. The molecule has 2 amide bonds. The van der Waals surface area contributed by atoms with E-state index in [0.717, 1.165) is 18.4 Å². The number of amides is 2. The third-order valence-corrected chi connectivity index (χ3v) is 7.86. The van der Waals surface area contributed by atoms with Crippen molar-refractivity contribution < 1.29 is 19.5 Å². The molecule has 2 aromatic carbocycles. The van der Waals surface area contributed by atoms with E-state index in [1.807, 2.05) is 39.0 Å². The molecule has 2 heterocycles. The summed E-state index contributed by atoms with van der Waals surface area (Å²) in [6.07, 6.45) is 2.38. The molecule has 0 spiro atoms. The highest BCUT2D eigenvalue weighted by molar-refractivity contribution is 6.09. The van der Waals surface area contributed by atoms with Crippen LogP contribution in [-0.4, -0.2) is 39.9 Å². The molecular weight excluding hydrogens is 416 g/mol. The van der Waals surface area contributed by atoms with Gasteiger partial charge in [-0.15, -0.1) is 0 Å². The Kier molecular flexibility index (Phi) is 5.16. The van der Waals surface area contributed by atoms with Crippen LogP contribution in [0, 0.1) is 17.8 Å². The predicted molar refractivity (Wildman–Crippen MR) is 124 cm³/mol. The summed E-state index contributed by atoms with van der Waals surface area (Å²) in [6.45, 7) is 5.98. The SMILES string of the molecule is CCCCN1C(=O)C2C(c3ccc4c(c3)Cc3ccccc3-4)NC(C(=O)O)(C(C)C)C2C1=O. The van der Waals surface area contributed by atoms with Gasteiger partial charge in [0.25, 0.3) is 0 Å². The quantitative estimate of drug-likeness (QED) is 0.563. The Morgan fingerprint density at radius 2 is 1.85 bits per heavy atom. The van der Waals surface area contributed by atoms with Crippen molar-refractivity contribution in [2.24, 2.45) is 17.8 Å². The number of carbonyl (C=O) groups excluding carboxylic acids is 2. The number of nitrogens with zero attached hydrogens (tertiary/aromatic N) is 1. The summed E-state index contributed by atoms with van der Waals surface area (Å²) in [6, 6.07) is 13.9. The first kappa shape index (κ1) is 21.8. The van der Waals surface area contributed by atoms with Crippen LogP contribution < -0.4 is 5.32 Å². The van der Waals surface area contributed by atoms with Crippen LogP contribution >= 0.6 is 0 Å². The summed E-state index contributed by atoms with van der Waals surface area (Å²) in [4.78, 5) is 40.9. The number of aliphatic carboxylic acids is 1. The molecule has 2 N–H and O–H groups in total. The van der Waals surface area contributed by atoms with Gasteiger partial charge >= 0.3 is 5.97 Å². The van der Waals surface area contributed by atoms with E-state index in [1.54, 1.807) is 0 Å². The summed E-state index contributed by atoms with van der Waals surface area (Å²) in [7, 11) is 0. The maximum atomic E-state index is 13.5. The van der Waals surface area contributed by atoms with E-state index in [0.29, 0.717) is 13.0 Å². The smallest absolute Gasteiger partial charge is 0.325 e. The maximum absolute atomic E-state index is 13.5. The van der Waals surface area contributed by atoms with Crippen LogP contribution in [0.15, 0.2) is 42.5 Å². The summed E-state index contributed by atoms with van der Waals surface area (Å²) >= 11 is 0. The van der Waals surface area contributed by atoms with Gasteiger partial charge in [-0.05, 0) is 46.6 Å². The Hall–Kier alpha value is -2.99. The third-order valence-electron chi connectivity index (χ3n) is 7.86. The minimum atomic E-state index is -1.48. The molecule has 2 aromatic rings. The van der Waals surface area contributed by atoms with Crippen molar-refractivity contribution in [3.05, 3.63) is 59.2 Å². The van der Waals surface area contributed by atoms with Crippen LogP contribution in [0.25, 0.3) is 11.1 Å². The van der Waals surface area contributed by atoms with E-state index in [1.165, 1.54) is 27.2 Å². The second kappa shape index (κ2) is 7.80. The van der Waals surface area contributed by atoms with E-state index in [4.69, 9.17) is 0 Å². The number of likely N-dealkylation sites (tertiary alicyclic amines) is 1. The van der Waals surface area contributed by atoms with Crippen molar-refractivity contribution in [1.29, 1.82) is 0 Å². The van der Waals surface area contributed by atoms with Crippen LogP contribution in [0.5, 0.6) is 0 Å². The van der Waals surface area contributed by atoms with Crippen LogP contribution in [-0.2, 0) is 20.8 Å². The second-order valence-electron chi connectivity index (χ2n) is 9.89. The van der Waals surface area contributed by atoms with Crippen LogP contribution in [0.3, 0.4) is 0 Å². The van der Waals surface area contributed by atoms with Gasteiger partial charge in [-0.2, -0.15) is 0 Å². The monoisotopic (exact) mass is 446 g/mol. The molecule has 0 aromatic heterocycles. The van der Waals surface area contributed by atoms with Gasteiger partial charge in [0.05, 0.1) is 11.8 Å². The molecule has 0 saturated carbocycles. The minimum absolute atomic E-state index is 0.247. The molecule has 5 rings (SSSR count). The molecule has 4 unspecified atom stereocenters. The lowest BCUT2D eigenvalue weighted by molar-refractivity contribution is -0.153. The largest absolute Gasteiger partial charge is 0.480 e. The van der Waals surface area contributed by atoms with E-state index < -0.39 is 29.4 Å². The number of carbonyl (C=O) groups is 3. The van der Waals surface area contributed by atoms with Gasteiger partial charge in [-0.25, -0.2) is 0 Å². The zero-order valence-electron chi connectivity index (χ0n) is 19.3. The standard InChI is InChI=1S/C27H30N2O4/c1-4-5-12-29-24(30)21-22(25(29)31)27(15(2)3,26(32)33)28-23(21)17-10-11-20-18(14-17)13-16-8-6-7-9-19(16)20/h6-11,14-15,21-23,28H,4-5,12-13H2,1-3H3,(H,32,33). The molecule has 1 aliphatic carbocycles. The number of unbranched alkanes of at least 4 members (excludes halogenated alkanes) is 1. The fraction of sp³-hybridized carbons (Fsp3) is 0.444. The second-order valence-corrected chi connectivity index (χ2v) is 9.89. The topological polar surface area (TPSA) is 86.7 Å². The van der Waals surface area contributed by atoms with Crippen molar-refractivity contribution in [2.75, 3.05) is 6.54 Å². The lowest BCUT2D eigenvalue weighted by Gasteiger charge is -2.34. The summed E-state index contributed by atoms with van der Waals surface area (Å²) in [5.74, 6) is -3.65. The fourth-order valence-corrected chi connectivity index (χ4v) is 6.16. The van der Waals surface area contributed by atoms with Gasteiger partial charge in [0.2, 0.25) is 11.8 Å². The molecule has 0 radical (unpaired) electrons. The molecule has 6 nitrogen and oxygen atoms in total. The van der Waals surface area contributed by atoms with E-state index >= 15 is 0 Å². The highest BCUT2D eigenvalue weighted by atomic mass is 16.4. The summed E-state index contributed by atoms with van der Waals surface area (Å²) < 4.78 is 0. The lowest BCUT2D eigenvalue weighted by Crippen LogP contribution is -2.59. The Morgan fingerprint density at radius 3 is 2.55 bits per heavy atom.